The number of rotatable bonds is 4. The molecule has 2 aromatic rings. The third-order valence-corrected chi connectivity index (χ3v) is 3.71. The van der Waals surface area contributed by atoms with E-state index in [9.17, 15) is 0 Å². The third-order valence-electron chi connectivity index (χ3n) is 2.29. The maximum Gasteiger partial charge on any atom is 0.0456 e. The highest BCUT2D eigenvalue weighted by atomic mass is 32.2. The molecule has 80 valence electrons. The van der Waals surface area contributed by atoms with Crippen LogP contribution in [0.1, 0.15) is 19.5 Å². The van der Waals surface area contributed by atoms with Crippen LogP contribution in [0, 0.1) is 5.92 Å². The molecule has 1 N–H and O–H groups in total. The highest BCUT2D eigenvalue weighted by Crippen LogP contribution is 2.19. The number of nitrogens with one attached hydrogen (secondary N) is 1. The van der Waals surface area contributed by atoms with E-state index in [2.05, 4.69) is 49.2 Å². The molecular weight excluding hydrogens is 202 g/mol. The summed E-state index contributed by atoms with van der Waals surface area (Å²) in [6.07, 6.45) is 0. The highest BCUT2D eigenvalue weighted by Gasteiger charge is 2.00. The van der Waals surface area contributed by atoms with Crippen molar-refractivity contribution in [3.8, 4) is 0 Å². The molecule has 0 saturated carbocycles. The standard InChI is InChI=1S/C13H17NS/c1-10(2)8-15-9-12-7-11-5-3-4-6-13(11)14-12/h3-7,10,14H,8-9H2,1-2H3. The number of aromatic amines is 1. The van der Waals surface area contributed by atoms with Crippen molar-refractivity contribution in [1.29, 1.82) is 0 Å². The van der Waals surface area contributed by atoms with Crippen LogP contribution in [-0.2, 0) is 5.75 Å². The van der Waals surface area contributed by atoms with Gasteiger partial charge in [0.25, 0.3) is 0 Å². The van der Waals surface area contributed by atoms with Gasteiger partial charge in [-0.15, -0.1) is 0 Å². The molecule has 1 aromatic carbocycles. The summed E-state index contributed by atoms with van der Waals surface area (Å²) in [7, 11) is 0. The largest absolute Gasteiger partial charge is 0.358 e. The van der Waals surface area contributed by atoms with Crippen molar-refractivity contribution in [3.63, 3.8) is 0 Å². The van der Waals surface area contributed by atoms with E-state index >= 15 is 0 Å². The quantitative estimate of drug-likeness (QED) is 0.820. The number of benzene rings is 1. The molecule has 0 bridgehead atoms. The first-order chi connectivity index (χ1) is 7.25. The average molecular weight is 219 g/mol. The van der Waals surface area contributed by atoms with Crippen LogP contribution in [0.3, 0.4) is 0 Å². The first kappa shape index (κ1) is 10.6. The van der Waals surface area contributed by atoms with Gasteiger partial charge >= 0.3 is 0 Å². The Bertz CT molecular complexity index is 398. The average Bonchev–Trinajstić information content (AvgIpc) is 2.59. The van der Waals surface area contributed by atoms with Gasteiger partial charge in [-0.25, -0.2) is 0 Å². The van der Waals surface area contributed by atoms with E-state index < -0.39 is 0 Å². The summed E-state index contributed by atoms with van der Waals surface area (Å²) < 4.78 is 0. The van der Waals surface area contributed by atoms with Gasteiger partial charge in [0.05, 0.1) is 0 Å². The number of H-pyrrole nitrogens is 1. The van der Waals surface area contributed by atoms with Crippen LogP contribution in [0.2, 0.25) is 0 Å². The summed E-state index contributed by atoms with van der Waals surface area (Å²) in [5, 5.41) is 1.32. The van der Waals surface area contributed by atoms with Gasteiger partial charge in [-0.05, 0) is 29.2 Å². The first-order valence-corrected chi connectivity index (χ1v) is 6.55. The summed E-state index contributed by atoms with van der Waals surface area (Å²) in [6.45, 7) is 4.52. The SMILES string of the molecule is CC(C)CSCc1cc2ccccc2[nH]1. The Morgan fingerprint density at radius 3 is 2.80 bits per heavy atom. The van der Waals surface area contributed by atoms with Gasteiger partial charge in [-0.2, -0.15) is 11.8 Å². The Morgan fingerprint density at radius 2 is 2.07 bits per heavy atom. The van der Waals surface area contributed by atoms with E-state index in [0.717, 1.165) is 11.7 Å². The fourth-order valence-electron chi connectivity index (χ4n) is 1.62. The monoisotopic (exact) mass is 219 g/mol. The predicted octanol–water partition coefficient (Wildman–Crippen LogP) is 4.06. The molecule has 2 rings (SSSR count). The molecule has 1 heterocycles. The summed E-state index contributed by atoms with van der Waals surface area (Å²) in [5.41, 5.74) is 2.58. The second-order valence-corrected chi connectivity index (χ2v) is 5.32. The minimum Gasteiger partial charge on any atom is -0.358 e. The van der Waals surface area contributed by atoms with Gasteiger partial charge < -0.3 is 4.98 Å². The minimum absolute atomic E-state index is 0.777. The second-order valence-electron chi connectivity index (χ2n) is 4.29. The fraction of sp³-hybridized carbons (Fsp3) is 0.385. The Hall–Kier alpha value is -0.890. The molecular formula is C13H17NS. The lowest BCUT2D eigenvalue weighted by Crippen LogP contribution is -1.91. The van der Waals surface area contributed by atoms with Gasteiger partial charge in [0.15, 0.2) is 0 Å². The lowest BCUT2D eigenvalue weighted by atomic mass is 10.2. The lowest BCUT2D eigenvalue weighted by Gasteiger charge is -2.02. The highest BCUT2D eigenvalue weighted by molar-refractivity contribution is 7.98. The first-order valence-electron chi connectivity index (χ1n) is 5.40. The summed E-state index contributed by atoms with van der Waals surface area (Å²) >= 11 is 2.00. The second kappa shape index (κ2) is 4.75. The molecule has 0 atom stereocenters. The molecule has 0 unspecified atom stereocenters. The smallest absolute Gasteiger partial charge is 0.0456 e. The molecule has 0 saturated heterocycles. The Morgan fingerprint density at radius 1 is 1.27 bits per heavy atom. The van der Waals surface area contributed by atoms with Crippen molar-refractivity contribution in [2.45, 2.75) is 19.6 Å². The summed E-state index contributed by atoms with van der Waals surface area (Å²) in [6, 6.07) is 10.7. The van der Waals surface area contributed by atoms with E-state index in [4.69, 9.17) is 0 Å². The molecule has 0 radical (unpaired) electrons. The fourth-order valence-corrected chi connectivity index (χ4v) is 2.58. The van der Waals surface area contributed by atoms with Gasteiger partial charge in [-0.3, -0.25) is 0 Å². The van der Waals surface area contributed by atoms with Gasteiger partial charge in [-0.1, -0.05) is 32.0 Å². The lowest BCUT2D eigenvalue weighted by molar-refractivity contribution is 0.750. The molecule has 0 spiro atoms. The van der Waals surface area contributed by atoms with Crippen molar-refractivity contribution in [2.75, 3.05) is 5.75 Å². The normalized spacial score (nSPS) is 11.4. The summed E-state index contributed by atoms with van der Waals surface area (Å²) in [4.78, 5) is 3.45. The van der Waals surface area contributed by atoms with Crippen LogP contribution in [-0.4, -0.2) is 10.7 Å². The molecule has 0 fully saturated rings. The zero-order valence-corrected chi connectivity index (χ0v) is 10.1. The van der Waals surface area contributed by atoms with Crippen LogP contribution >= 0.6 is 11.8 Å². The molecule has 0 amide bonds. The Kier molecular flexibility index (Phi) is 3.37. The number of hydrogen-bond acceptors (Lipinski definition) is 1. The van der Waals surface area contributed by atoms with E-state index in [0.29, 0.717) is 0 Å². The van der Waals surface area contributed by atoms with Crippen molar-refractivity contribution < 1.29 is 0 Å². The number of aromatic nitrogens is 1. The van der Waals surface area contributed by atoms with Crippen LogP contribution in [0.25, 0.3) is 10.9 Å². The van der Waals surface area contributed by atoms with E-state index in [1.807, 2.05) is 11.8 Å². The predicted molar refractivity (Wildman–Crippen MR) is 69.3 cm³/mol. The zero-order chi connectivity index (χ0) is 10.7. The Labute approximate surface area is 95.3 Å². The summed E-state index contributed by atoms with van der Waals surface area (Å²) in [5.74, 6) is 3.10. The molecule has 0 aliphatic carbocycles. The molecule has 1 aromatic heterocycles. The van der Waals surface area contributed by atoms with Gasteiger partial charge in [0.1, 0.15) is 0 Å². The van der Waals surface area contributed by atoms with E-state index in [-0.39, 0.29) is 0 Å². The molecule has 0 aliphatic heterocycles. The van der Waals surface area contributed by atoms with Crippen LogP contribution in [0.4, 0.5) is 0 Å². The molecule has 15 heavy (non-hydrogen) atoms. The maximum atomic E-state index is 3.45. The van der Waals surface area contributed by atoms with Crippen LogP contribution in [0.5, 0.6) is 0 Å². The zero-order valence-electron chi connectivity index (χ0n) is 9.29. The van der Waals surface area contributed by atoms with E-state index in [1.165, 1.54) is 22.3 Å². The van der Waals surface area contributed by atoms with E-state index in [1.54, 1.807) is 0 Å². The van der Waals surface area contributed by atoms with Crippen molar-refractivity contribution in [1.82, 2.24) is 4.98 Å². The van der Waals surface area contributed by atoms with Crippen molar-refractivity contribution in [3.05, 3.63) is 36.0 Å². The van der Waals surface area contributed by atoms with Crippen molar-refractivity contribution in [2.24, 2.45) is 5.92 Å². The molecule has 0 aliphatic rings. The molecule has 2 heteroatoms. The minimum atomic E-state index is 0.777. The van der Waals surface area contributed by atoms with Crippen LogP contribution in [0.15, 0.2) is 30.3 Å². The number of hydrogen-bond donors (Lipinski definition) is 1. The van der Waals surface area contributed by atoms with Gasteiger partial charge in [0, 0.05) is 17.0 Å². The van der Waals surface area contributed by atoms with Crippen molar-refractivity contribution >= 4 is 22.7 Å². The van der Waals surface area contributed by atoms with Gasteiger partial charge in [0.2, 0.25) is 0 Å². The van der Waals surface area contributed by atoms with Crippen LogP contribution < -0.4 is 0 Å². The molecule has 1 nitrogen and oxygen atoms in total. The number of fused-ring (bicyclic) bond motifs is 1. The number of thioether (sulfide) groups is 1. The topological polar surface area (TPSA) is 15.8 Å². The third kappa shape index (κ3) is 2.78. The number of para-hydroxylation sites is 1. The maximum absolute atomic E-state index is 3.45. The Balaban J connectivity index is 2.03.